The number of hydrogen-bond donors (Lipinski definition) is 2. The molecule has 0 bridgehead atoms. The van der Waals surface area contributed by atoms with Gasteiger partial charge in [0.1, 0.15) is 12.1 Å². The molecule has 0 aliphatic rings. The number of hydrogen-bond acceptors (Lipinski definition) is 8. The van der Waals surface area contributed by atoms with Gasteiger partial charge < -0.3 is 9.84 Å². The first-order valence-corrected chi connectivity index (χ1v) is 5.64. The summed E-state index contributed by atoms with van der Waals surface area (Å²) in [6.07, 6.45) is 1.46. The molecule has 0 aliphatic heterocycles. The molecule has 2 aromatic rings. The van der Waals surface area contributed by atoms with Crippen LogP contribution >= 0.6 is 11.8 Å². The van der Waals surface area contributed by atoms with Crippen LogP contribution in [-0.4, -0.2) is 14.9 Å². The molecule has 0 fully saturated rings. The standard InChI is InChI=1S/C9H9N5O3S/c1-5-4-17-9(11-5)18-8-6(14(15)16)2-3-7(12-8)13-10/h2-4H,10H2,1H3,(H,12,13). The van der Waals surface area contributed by atoms with Crippen molar-refractivity contribution in [3.8, 4) is 0 Å². The van der Waals surface area contributed by atoms with Crippen LogP contribution in [0.4, 0.5) is 11.5 Å². The van der Waals surface area contributed by atoms with E-state index < -0.39 is 4.92 Å². The molecule has 0 aliphatic carbocycles. The van der Waals surface area contributed by atoms with Gasteiger partial charge in [0.2, 0.25) is 0 Å². The van der Waals surface area contributed by atoms with Crippen LogP contribution in [0.3, 0.4) is 0 Å². The van der Waals surface area contributed by atoms with E-state index in [0.29, 0.717) is 11.5 Å². The summed E-state index contributed by atoms with van der Waals surface area (Å²) in [5.41, 5.74) is 2.88. The van der Waals surface area contributed by atoms with Crippen LogP contribution in [0.1, 0.15) is 5.69 Å². The summed E-state index contributed by atoms with van der Waals surface area (Å²) in [4.78, 5) is 18.4. The van der Waals surface area contributed by atoms with E-state index in [1.165, 1.54) is 18.4 Å². The third-order valence-corrected chi connectivity index (χ3v) is 2.82. The van der Waals surface area contributed by atoms with Crippen LogP contribution in [0.15, 0.2) is 33.1 Å². The molecular formula is C9H9N5O3S. The number of nitrogens with two attached hydrogens (primary N) is 1. The predicted octanol–water partition coefficient (Wildman–Crippen LogP) is 1.72. The smallest absolute Gasteiger partial charge is 0.302 e. The fourth-order valence-corrected chi connectivity index (χ4v) is 2.03. The van der Waals surface area contributed by atoms with E-state index in [0.717, 1.165) is 11.8 Å². The number of hydrazine groups is 1. The van der Waals surface area contributed by atoms with Gasteiger partial charge in [0.25, 0.3) is 5.22 Å². The highest BCUT2D eigenvalue weighted by Gasteiger charge is 2.19. The SMILES string of the molecule is Cc1coc(Sc2nc(NN)ccc2[N+](=O)[O-])n1. The average molecular weight is 267 g/mol. The number of pyridine rings is 1. The second kappa shape index (κ2) is 5.02. The van der Waals surface area contributed by atoms with Gasteiger partial charge in [-0.2, -0.15) is 0 Å². The number of nitro groups is 1. The van der Waals surface area contributed by atoms with Gasteiger partial charge in [-0.3, -0.25) is 10.1 Å². The normalized spacial score (nSPS) is 10.3. The Morgan fingerprint density at radius 1 is 1.50 bits per heavy atom. The van der Waals surface area contributed by atoms with Crippen molar-refractivity contribution in [2.45, 2.75) is 17.2 Å². The summed E-state index contributed by atoms with van der Waals surface area (Å²) in [5.74, 6) is 5.54. The van der Waals surface area contributed by atoms with Crippen molar-refractivity contribution >= 4 is 23.3 Å². The third-order valence-electron chi connectivity index (χ3n) is 1.97. The maximum absolute atomic E-state index is 10.9. The van der Waals surface area contributed by atoms with Crippen molar-refractivity contribution < 1.29 is 9.34 Å². The predicted molar refractivity (Wildman–Crippen MR) is 64.1 cm³/mol. The van der Waals surface area contributed by atoms with Gasteiger partial charge in [0.15, 0.2) is 5.03 Å². The number of aryl methyl sites for hydroxylation is 1. The molecule has 2 heterocycles. The van der Waals surface area contributed by atoms with E-state index in [2.05, 4.69) is 15.4 Å². The number of aromatic nitrogens is 2. The van der Waals surface area contributed by atoms with Crippen molar-refractivity contribution in [1.82, 2.24) is 9.97 Å². The van der Waals surface area contributed by atoms with Gasteiger partial charge in [-0.05, 0) is 24.8 Å². The first-order valence-electron chi connectivity index (χ1n) is 4.82. The minimum atomic E-state index is -0.522. The molecule has 0 spiro atoms. The third kappa shape index (κ3) is 2.57. The van der Waals surface area contributed by atoms with Crippen molar-refractivity contribution in [2.75, 3.05) is 5.43 Å². The van der Waals surface area contributed by atoms with Crippen LogP contribution in [0, 0.1) is 17.0 Å². The van der Waals surface area contributed by atoms with Crippen LogP contribution in [0.2, 0.25) is 0 Å². The summed E-state index contributed by atoms with van der Waals surface area (Å²) >= 11 is 0.967. The molecule has 2 rings (SSSR count). The molecule has 0 aromatic carbocycles. The minimum Gasteiger partial charge on any atom is -0.439 e. The van der Waals surface area contributed by atoms with Crippen molar-refractivity contribution in [3.05, 3.63) is 34.2 Å². The zero-order chi connectivity index (χ0) is 13.1. The first kappa shape index (κ1) is 12.3. The Morgan fingerprint density at radius 2 is 2.28 bits per heavy atom. The van der Waals surface area contributed by atoms with Gasteiger partial charge in [-0.15, -0.1) is 0 Å². The summed E-state index contributed by atoms with van der Waals surface area (Å²) < 4.78 is 5.11. The van der Waals surface area contributed by atoms with E-state index in [4.69, 9.17) is 10.3 Å². The van der Waals surface area contributed by atoms with Crippen molar-refractivity contribution in [3.63, 3.8) is 0 Å². The molecule has 0 amide bonds. The summed E-state index contributed by atoms with van der Waals surface area (Å²) in [7, 11) is 0. The van der Waals surface area contributed by atoms with E-state index in [-0.39, 0.29) is 15.9 Å². The number of oxazole rings is 1. The number of nitrogen functional groups attached to an aromatic ring is 1. The highest BCUT2D eigenvalue weighted by atomic mass is 32.2. The Labute approximate surface area is 106 Å². The maximum atomic E-state index is 10.9. The summed E-state index contributed by atoms with van der Waals surface area (Å²) in [6.45, 7) is 1.76. The molecule has 0 radical (unpaired) electrons. The molecule has 18 heavy (non-hydrogen) atoms. The molecule has 3 N–H and O–H groups in total. The molecule has 0 saturated heterocycles. The highest BCUT2D eigenvalue weighted by molar-refractivity contribution is 7.99. The van der Waals surface area contributed by atoms with Crippen LogP contribution < -0.4 is 11.3 Å². The Morgan fingerprint density at radius 3 is 2.83 bits per heavy atom. The molecule has 0 saturated carbocycles. The van der Waals surface area contributed by atoms with Crippen molar-refractivity contribution in [1.29, 1.82) is 0 Å². The monoisotopic (exact) mass is 267 g/mol. The molecule has 0 atom stereocenters. The van der Waals surface area contributed by atoms with Gasteiger partial charge in [-0.1, -0.05) is 0 Å². The molecule has 9 heteroatoms. The molecular weight excluding hydrogens is 258 g/mol. The number of nitrogens with zero attached hydrogens (tertiary/aromatic N) is 3. The number of rotatable bonds is 4. The lowest BCUT2D eigenvalue weighted by Gasteiger charge is -2.02. The van der Waals surface area contributed by atoms with Gasteiger partial charge >= 0.3 is 5.69 Å². The molecule has 94 valence electrons. The number of nitrogens with one attached hydrogen (secondary N) is 1. The van der Waals surface area contributed by atoms with Crippen LogP contribution in [-0.2, 0) is 0 Å². The second-order valence-electron chi connectivity index (χ2n) is 3.28. The largest absolute Gasteiger partial charge is 0.439 e. The lowest BCUT2D eigenvalue weighted by molar-refractivity contribution is -0.388. The van der Waals surface area contributed by atoms with E-state index in [9.17, 15) is 10.1 Å². The molecule has 0 unspecified atom stereocenters. The van der Waals surface area contributed by atoms with Gasteiger partial charge in [0.05, 0.1) is 10.6 Å². The zero-order valence-electron chi connectivity index (χ0n) is 9.28. The molecule has 2 aromatic heterocycles. The average Bonchev–Trinajstić information content (AvgIpc) is 2.74. The van der Waals surface area contributed by atoms with Crippen LogP contribution in [0.5, 0.6) is 0 Å². The Balaban J connectivity index is 2.37. The van der Waals surface area contributed by atoms with E-state index in [1.807, 2.05) is 0 Å². The Bertz CT molecular complexity index is 585. The maximum Gasteiger partial charge on any atom is 0.302 e. The summed E-state index contributed by atoms with van der Waals surface area (Å²) in [6, 6.07) is 2.74. The highest BCUT2D eigenvalue weighted by Crippen LogP contribution is 2.33. The first-order chi connectivity index (χ1) is 8.60. The fourth-order valence-electron chi connectivity index (χ4n) is 1.19. The fraction of sp³-hybridized carbons (Fsp3) is 0.111. The van der Waals surface area contributed by atoms with E-state index in [1.54, 1.807) is 6.92 Å². The van der Waals surface area contributed by atoms with E-state index >= 15 is 0 Å². The lowest BCUT2D eigenvalue weighted by Crippen LogP contribution is -2.09. The topological polar surface area (TPSA) is 120 Å². The van der Waals surface area contributed by atoms with Crippen molar-refractivity contribution in [2.24, 2.45) is 5.84 Å². The summed E-state index contributed by atoms with van der Waals surface area (Å²) in [5, 5.41) is 11.3. The quantitative estimate of drug-likeness (QED) is 0.488. The Hall–Kier alpha value is -2.13. The number of anilines is 1. The Kier molecular flexibility index (Phi) is 3.44. The van der Waals surface area contributed by atoms with Crippen LogP contribution in [0.25, 0.3) is 0 Å². The second-order valence-corrected chi connectivity index (χ2v) is 4.22. The molecule has 8 nitrogen and oxygen atoms in total. The minimum absolute atomic E-state index is 0.130. The lowest BCUT2D eigenvalue weighted by atomic mass is 10.4. The zero-order valence-corrected chi connectivity index (χ0v) is 10.1. The van der Waals surface area contributed by atoms with Gasteiger partial charge in [0, 0.05) is 6.07 Å². The van der Waals surface area contributed by atoms with Gasteiger partial charge in [-0.25, -0.2) is 15.8 Å².